The molecular weight excluding hydrogens is 1370 g/mol. The lowest BCUT2D eigenvalue weighted by molar-refractivity contribution is -0.161. The lowest BCUT2D eigenvalue weighted by Crippen LogP contribution is -2.30. The fourth-order valence-corrected chi connectivity index (χ4v) is 14.6. The summed E-state index contributed by atoms with van der Waals surface area (Å²) in [6, 6.07) is 0. The van der Waals surface area contributed by atoms with E-state index < -0.39 is 97.5 Å². The molecule has 0 aliphatic heterocycles. The predicted molar refractivity (Wildman–Crippen MR) is 432 cm³/mol. The third-order valence-electron chi connectivity index (χ3n) is 19.7. The highest BCUT2D eigenvalue weighted by atomic mass is 31.2. The Hall–Kier alpha value is -2.46. The van der Waals surface area contributed by atoms with E-state index in [0.717, 1.165) is 103 Å². The van der Waals surface area contributed by atoms with E-state index in [9.17, 15) is 43.2 Å². The molecule has 105 heavy (non-hydrogen) atoms. The van der Waals surface area contributed by atoms with E-state index in [1.54, 1.807) is 0 Å². The van der Waals surface area contributed by atoms with Crippen LogP contribution < -0.4 is 0 Å². The Bertz CT molecular complexity index is 2080. The molecule has 0 amide bonds. The number of aliphatic hydroxyl groups is 1. The zero-order valence-corrected chi connectivity index (χ0v) is 70.0. The van der Waals surface area contributed by atoms with E-state index in [0.29, 0.717) is 25.7 Å². The lowest BCUT2D eigenvalue weighted by Gasteiger charge is -2.21. The van der Waals surface area contributed by atoms with Crippen molar-refractivity contribution in [2.75, 3.05) is 39.6 Å². The molecule has 0 spiro atoms. The van der Waals surface area contributed by atoms with Crippen LogP contribution in [0.5, 0.6) is 0 Å². The third kappa shape index (κ3) is 79.4. The van der Waals surface area contributed by atoms with Crippen molar-refractivity contribution in [1.29, 1.82) is 0 Å². The van der Waals surface area contributed by atoms with E-state index in [1.165, 1.54) is 263 Å². The summed E-state index contributed by atoms with van der Waals surface area (Å²) < 4.78 is 68.8. The van der Waals surface area contributed by atoms with Crippen molar-refractivity contribution >= 4 is 39.5 Å². The standard InChI is InChI=1S/C86H164O17P2/c1-5-9-13-17-21-25-29-32-35-37-39-41-43-46-48-51-55-59-63-67-71-84(89)97-77-82(103-86(91)73-69-65-61-57-53-50-47-44-42-40-38-36-33-30-26-22-18-14-10-6-2)79-101-105(94,95)99-75-80(87)74-98-104(92,93)100-78-81(76-96-83(88)70-66-62-58-54-28-24-20-16-12-8-4)102-85(90)72-68-64-60-56-52-49-45-34-31-27-23-19-15-11-7-3/h27,31,34,45,80-82,87H,5-26,28-30,32-33,35-44,46-79H2,1-4H3,(H,92,93)(H,94,95)/b31-27-,45-34-/t80-,81+,82+/m0/s1. The van der Waals surface area contributed by atoms with Gasteiger partial charge in [0.1, 0.15) is 19.3 Å². The molecule has 3 N–H and O–H groups in total. The SMILES string of the molecule is CCCCCC/C=C\C=C/CCCCCCCC(=O)O[C@H](COC(=O)CCCCCCCCCCCC)COP(=O)(O)OC[C@H](O)COP(=O)(O)OC[C@@H](COC(=O)CCCCCCCCCCCCCCCCCCCCCC)OC(=O)CCCCCCCCCCCCCCCCCCCCCC. The maximum Gasteiger partial charge on any atom is 0.472 e. The molecule has 5 atom stereocenters. The van der Waals surface area contributed by atoms with Gasteiger partial charge in [0.15, 0.2) is 12.2 Å². The first kappa shape index (κ1) is 103. The number of phosphoric ester groups is 2. The summed E-state index contributed by atoms with van der Waals surface area (Å²) in [4.78, 5) is 73.1. The van der Waals surface area contributed by atoms with Gasteiger partial charge in [-0.2, -0.15) is 0 Å². The molecule has 0 aromatic heterocycles. The molecule has 0 saturated carbocycles. The average molecular weight is 1530 g/mol. The quantitative estimate of drug-likeness (QED) is 0.0169. The Labute approximate surface area is 643 Å². The van der Waals surface area contributed by atoms with Crippen LogP contribution in [0.15, 0.2) is 24.3 Å². The summed E-state index contributed by atoms with van der Waals surface area (Å²) in [6.45, 7) is 4.98. The largest absolute Gasteiger partial charge is 0.472 e. The molecule has 0 aromatic rings. The van der Waals surface area contributed by atoms with E-state index in [1.807, 2.05) is 0 Å². The summed E-state index contributed by atoms with van der Waals surface area (Å²) in [7, 11) is -9.94. The minimum Gasteiger partial charge on any atom is -0.462 e. The Balaban J connectivity index is 5.24. The van der Waals surface area contributed by atoms with Gasteiger partial charge < -0.3 is 33.8 Å². The van der Waals surface area contributed by atoms with Crippen molar-refractivity contribution in [3.05, 3.63) is 24.3 Å². The first-order valence-electron chi connectivity index (χ1n) is 44.1. The van der Waals surface area contributed by atoms with Crippen molar-refractivity contribution in [2.24, 2.45) is 0 Å². The maximum absolute atomic E-state index is 13.1. The molecule has 19 heteroatoms. The van der Waals surface area contributed by atoms with Gasteiger partial charge in [-0.3, -0.25) is 37.3 Å². The van der Waals surface area contributed by atoms with E-state index in [4.69, 9.17) is 37.0 Å². The topological polar surface area (TPSA) is 237 Å². The Morgan fingerprint density at radius 3 is 0.695 bits per heavy atom. The summed E-state index contributed by atoms with van der Waals surface area (Å²) in [6.07, 6.45) is 77.3. The number of hydrogen-bond acceptors (Lipinski definition) is 15. The number of hydrogen-bond donors (Lipinski definition) is 3. The molecule has 0 aromatic carbocycles. The van der Waals surface area contributed by atoms with Crippen LogP contribution in [0, 0.1) is 0 Å². The van der Waals surface area contributed by atoms with Gasteiger partial charge in [-0.1, -0.05) is 392 Å². The molecule has 0 aliphatic rings. The second-order valence-electron chi connectivity index (χ2n) is 30.2. The number of esters is 4. The highest BCUT2D eigenvalue weighted by Gasteiger charge is 2.30. The lowest BCUT2D eigenvalue weighted by atomic mass is 10.0. The molecule has 0 radical (unpaired) electrons. The molecule has 2 unspecified atom stereocenters. The van der Waals surface area contributed by atoms with E-state index in [2.05, 4.69) is 52.0 Å². The number of ether oxygens (including phenoxy) is 4. The molecule has 0 aliphatic carbocycles. The minimum atomic E-state index is -4.97. The zero-order chi connectivity index (χ0) is 76.7. The van der Waals surface area contributed by atoms with Gasteiger partial charge in [-0.05, 0) is 51.4 Å². The van der Waals surface area contributed by atoms with Crippen LogP contribution in [0.25, 0.3) is 0 Å². The fraction of sp³-hybridized carbons (Fsp3) is 0.907. The normalized spacial score (nSPS) is 13.9. The van der Waals surface area contributed by atoms with Gasteiger partial charge in [0.05, 0.1) is 26.4 Å². The molecule has 0 heterocycles. The van der Waals surface area contributed by atoms with Gasteiger partial charge in [-0.25, -0.2) is 9.13 Å². The van der Waals surface area contributed by atoms with E-state index >= 15 is 0 Å². The van der Waals surface area contributed by atoms with Crippen molar-refractivity contribution in [3.8, 4) is 0 Å². The number of carbonyl (C=O) groups excluding carboxylic acids is 4. The molecule has 620 valence electrons. The highest BCUT2D eigenvalue weighted by Crippen LogP contribution is 2.45. The van der Waals surface area contributed by atoms with Crippen LogP contribution in [0.3, 0.4) is 0 Å². The van der Waals surface area contributed by atoms with Crippen molar-refractivity contribution in [3.63, 3.8) is 0 Å². The summed E-state index contributed by atoms with van der Waals surface area (Å²) in [5, 5.41) is 10.7. The Morgan fingerprint density at radius 1 is 0.267 bits per heavy atom. The first-order chi connectivity index (χ1) is 51.2. The molecular formula is C86H164O17P2. The van der Waals surface area contributed by atoms with Crippen molar-refractivity contribution < 1.29 is 80.2 Å². The van der Waals surface area contributed by atoms with Crippen LogP contribution in [0.4, 0.5) is 0 Å². The number of aliphatic hydroxyl groups excluding tert-OH is 1. The number of rotatable bonds is 85. The van der Waals surface area contributed by atoms with E-state index in [-0.39, 0.29) is 25.7 Å². The summed E-state index contributed by atoms with van der Waals surface area (Å²) in [5.74, 6) is -2.13. The van der Waals surface area contributed by atoms with Gasteiger partial charge in [0.25, 0.3) is 0 Å². The number of carbonyl (C=O) groups is 4. The van der Waals surface area contributed by atoms with Crippen molar-refractivity contribution in [1.82, 2.24) is 0 Å². The predicted octanol–water partition coefficient (Wildman–Crippen LogP) is 26.1. The van der Waals surface area contributed by atoms with Gasteiger partial charge in [0.2, 0.25) is 0 Å². The highest BCUT2D eigenvalue weighted by molar-refractivity contribution is 7.47. The molecule has 17 nitrogen and oxygen atoms in total. The molecule has 0 saturated heterocycles. The number of unbranched alkanes of at least 4 members (excludes halogenated alkanes) is 56. The number of phosphoric acid groups is 2. The monoisotopic (exact) mass is 1530 g/mol. The van der Waals surface area contributed by atoms with Crippen LogP contribution in [-0.4, -0.2) is 96.7 Å². The van der Waals surface area contributed by atoms with Crippen LogP contribution >= 0.6 is 15.6 Å². The first-order valence-corrected chi connectivity index (χ1v) is 47.1. The smallest absolute Gasteiger partial charge is 0.462 e. The van der Waals surface area contributed by atoms with Gasteiger partial charge >= 0.3 is 39.5 Å². The molecule has 0 bridgehead atoms. The van der Waals surface area contributed by atoms with Crippen LogP contribution in [-0.2, 0) is 65.4 Å². The van der Waals surface area contributed by atoms with Crippen LogP contribution in [0.1, 0.15) is 445 Å². The Morgan fingerprint density at radius 2 is 0.457 bits per heavy atom. The summed E-state index contributed by atoms with van der Waals surface area (Å²) in [5.41, 5.74) is 0. The van der Waals surface area contributed by atoms with Gasteiger partial charge in [0, 0.05) is 25.7 Å². The summed E-state index contributed by atoms with van der Waals surface area (Å²) >= 11 is 0. The zero-order valence-electron chi connectivity index (χ0n) is 68.2. The molecule has 0 rings (SSSR count). The van der Waals surface area contributed by atoms with Crippen LogP contribution in [0.2, 0.25) is 0 Å². The second kappa shape index (κ2) is 79.6. The number of allylic oxidation sites excluding steroid dienone is 4. The molecule has 0 fully saturated rings. The average Bonchev–Trinajstić information content (AvgIpc) is 0.909. The maximum atomic E-state index is 13.1. The minimum absolute atomic E-state index is 0.0859. The van der Waals surface area contributed by atoms with Gasteiger partial charge in [-0.15, -0.1) is 0 Å². The van der Waals surface area contributed by atoms with Crippen molar-refractivity contribution in [2.45, 2.75) is 463 Å². The Kier molecular flexibility index (Phi) is 77.8. The second-order valence-corrected chi connectivity index (χ2v) is 33.1. The fourth-order valence-electron chi connectivity index (χ4n) is 13.0. The third-order valence-corrected chi connectivity index (χ3v) is 21.6.